The quantitative estimate of drug-likeness (QED) is 0.355. The highest BCUT2D eigenvalue weighted by molar-refractivity contribution is 6.33. The zero-order valence-corrected chi connectivity index (χ0v) is 22.8. The molecule has 2 atom stereocenters. The number of aromatic nitrogens is 4. The number of fused-ring (bicyclic) bond motifs is 1. The van der Waals surface area contributed by atoms with Gasteiger partial charge in [0.25, 0.3) is 12.0 Å². The Bertz CT molecular complexity index is 1470. The number of benzene rings is 1. The maximum absolute atomic E-state index is 13.8. The predicted octanol–water partition coefficient (Wildman–Crippen LogP) is 5.22. The molecular weight excluding hydrogens is 551 g/mol. The summed E-state index contributed by atoms with van der Waals surface area (Å²) in [5.41, 5.74) is 0.924. The Labute approximate surface area is 233 Å². The van der Waals surface area contributed by atoms with Gasteiger partial charge in [-0.2, -0.15) is 14.9 Å². The smallest absolute Gasteiger partial charge is 0.359 e. The number of carbonyl (C=O) groups excluding carboxylic acids is 1. The van der Waals surface area contributed by atoms with E-state index >= 15 is 0 Å². The topological polar surface area (TPSA) is 91.5 Å². The lowest BCUT2D eigenvalue weighted by atomic mass is 9.99. The third-order valence-corrected chi connectivity index (χ3v) is 7.71. The highest BCUT2D eigenvalue weighted by Gasteiger charge is 2.33. The fourth-order valence-corrected chi connectivity index (χ4v) is 5.62. The summed E-state index contributed by atoms with van der Waals surface area (Å²) in [5, 5.41) is 8.81. The maximum Gasteiger partial charge on any atom is 0.359 e. The van der Waals surface area contributed by atoms with Gasteiger partial charge in [-0.3, -0.25) is 9.48 Å². The van der Waals surface area contributed by atoms with Crippen molar-refractivity contribution in [2.24, 2.45) is 0 Å². The number of halogens is 4. The molecule has 3 aromatic rings. The molecule has 2 aliphatic rings. The van der Waals surface area contributed by atoms with Gasteiger partial charge in [0.05, 0.1) is 24.5 Å². The van der Waals surface area contributed by atoms with Crippen LogP contribution in [0.4, 0.5) is 18.9 Å². The Morgan fingerprint density at radius 3 is 2.77 bits per heavy atom. The second-order valence-electron chi connectivity index (χ2n) is 9.78. The van der Waals surface area contributed by atoms with Crippen LogP contribution in [0.1, 0.15) is 84.7 Å². The van der Waals surface area contributed by atoms with Gasteiger partial charge < -0.3 is 14.4 Å². The molecule has 1 aromatic carbocycles. The number of hydrogen-bond acceptors (Lipinski definition) is 7. The Morgan fingerprint density at radius 2 is 2.08 bits per heavy atom. The summed E-state index contributed by atoms with van der Waals surface area (Å²) in [6.07, 6.45) is 1.02. The molecule has 0 spiro atoms. The average molecular weight is 580 g/mol. The van der Waals surface area contributed by atoms with Crippen molar-refractivity contribution in [1.82, 2.24) is 19.6 Å². The van der Waals surface area contributed by atoms with Gasteiger partial charge in [-0.25, -0.2) is 18.0 Å². The number of nitrogens with zero attached hydrogens (tertiary/aromatic N) is 5. The van der Waals surface area contributed by atoms with Crippen LogP contribution in [0, 0.1) is 5.82 Å². The Kier molecular flexibility index (Phi) is 8.18. The van der Waals surface area contributed by atoms with Crippen molar-refractivity contribution in [2.75, 3.05) is 24.7 Å². The van der Waals surface area contributed by atoms with E-state index in [-0.39, 0.29) is 29.4 Å². The first-order valence-electron chi connectivity index (χ1n) is 13.2. The average Bonchev–Trinajstić information content (AvgIpc) is 3.33. The number of hydrogen-bond donors (Lipinski definition) is 0. The Hall–Kier alpha value is -3.38. The highest BCUT2D eigenvalue weighted by Crippen LogP contribution is 2.35. The zero-order chi connectivity index (χ0) is 28.6. The van der Waals surface area contributed by atoms with E-state index in [1.54, 1.807) is 13.8 Å². The summed E-state index contributed by atoms with van der Waals surface area (Å²) in [6.45, 7) is 4.55. The number of rotatable bonds is 7. The second kappa shape index (κ2) is 11.6. The SMILES string of the molecule is CCOC(=O)c1nn(C(C)c2ccc(F)cc2C(F)F)c2c1CN(c1cnn(C3CCCCO3)c(=O)c1Cl)CC2. The van der Waals surface area contributed by atoms with Crippen molar-refractivity contribution in [2.45, 2.75) is 64.8 Å². The summed E-state index contributed by atoms with van der Waals surface area (Å²) in [7, 11) is 0. The molecule has 0 amide bonds. The van der Waals surface area contributed by atoms with Gasteiger partial charge in [0.2, 0.25) is 0 Å². The molecule has 2 aromatic heterocycles. The molecule has 9 nitrogen and oxygen atoms in total. The van der Waals surface area contributed by atoms with Crippen molar-refractivity contribution in [3.8, 4) is 0 Å². The number of carbonyl (C=O) groups is 1. The molecule has 40 heavy (non-hydrogen) atoms. The van der Waals surface area contributed by atoms with E-state index in [1.807, 2.05) is 4.90 Å². The molecule has 4 heterocycles. The lowest BCUT2D eigenvalue weighted by Gasteiger charge is -2.31. The van der Waals surface area contributed by atoms with E-state index < -0.39 is 41.6 Å². The fraction of sp³-hybridized carbons (Fsp3) is 0.481. The Balaban J connectivity index is 1.52. The second-order valence-corrected chi connectivity index (χ2v) is 10.2. The largest absolute Gasteiger partial charge is 0.461 e. The zero-order valence-electron chi connectivity index (χ0n) is 22.1. The van der Waals surface area contributed by atoms with Crippen LogP contribution in [-0.4, -0.2) is 45.3 Å². The lowest BCUT2D eigenvalue weighted by molar-refractivity contribution is -0.0424. The van der Waals surface area contributed by atoms with Crippen molar-refractivity contribution in [1.29, 1.82) is 0 Å². The van der Waals surface area contributed by atoms with Crippen LogP contribution >= 0.6 is 11.6 Å². The van der Waals surface area contributed by atoms with Gasteiger partial charge in [0, 0.05) is 42.9 Å². The van der Waals surface area contributed by atoms with Crippen LogP contribution < -0.4 is 10.5 Å². The third kappa shape index (κ3) is 5.22. The molecule has 0 radical (unpaired) electrons. The summed E-state index contributed by atoms with van der Waals surface area (Å²) in [6, 6.07) is 2.52. The van der Waals surface area contributed by atoms with Crippen LogP contribution in [0.25, 0.3) is 0 Å². The van der Waals surface area contributed by atoms with Crippen molar-refractivity contribution >= 4 is 23.3 Å². The van der Waals surface area contributed by atoms with Crippen molar-refractivity contribution in [3.05, 3.63) is 73.7 Å². The number of alkyl halides is 2. The van der Waals surface area contributed by atoms with Crippen LogP contribution in [0.2, 0.25) is 5.02 Å². The first kappa shape index (κ1) is 28.2. The van der Waals surface area contributed by atoms with Crippen LogP contribution in [0.15, 0.2) is 29.2 Å². The summed E-state index contributed by atoms with van der Waals surface area (Å²) < 4.78 is 55.0. The van der Waals surface area contributed by atoms with Gasteiger partial charge in [-0.15, -0.1) is 0 Å². The van der Waals surface area contributed by atoms with E-state index in [4.69, 9.17) is 21.1 Å². The van der Waals surface area contributed by atoms with Gasteiger partial charge in [0.15, 0.2) is 11.9 Å². The molecule has 2 unspecified atom stereocenters. The number of anilines is 1. The van der Waals surface area contributed by atoms with Gasteiger partial charge in [-0.05, 0) is 50.8 Å². The molecule has 0 saturated carbocycles. The maximum atomic E-state index is 13.8. The molecular formula is C27H29ClF3N5O4. The van der Waals surface area contributed by atoms with E-state index in [2.05, 4.69) is 10.2 Å². The van der Waals surface area contributed by atoms with Gasteiger partial charge >= 0.3 is 5.97 Å². The molecule has 0 bridgehead atoms. The third-order valence-electron chi connectivity index (χ3n) is 7.35. The number of ether oxygens (including phenoxy) is 2. The minimum Gasteiger partial charge on any atom is -0.461 e. The van der Waals surface area contributed by atoms with Crippen molar-refractivity contribution < 1.29 is 27.4 Å². The van der Waals surface area contributed by atoms with E-state index in [0.717, 1.165) is 25.0 Å². The molecule has 0 aliphatic carbocycles. The van der Waals surface area contributed by atoms with E-state index in [9.17, 15) is 22.8 Å². The molecule has 0 N–H and O–H groups in total. The molecule has 214 valence electrons. The minimum atomic E-state index is -2.89. The first-order valence-corrected chi connectivity index (χ1v) is 13.6. The summed E-state index contributed by atoms with van der Waals surface area (Å²) >= 11 is 6.54. The highest BCUT2D eigenvalue weighted by atomic mass is 35.5. The van der Waals surface area contributed by atoms with Crippen LogP contribution in [-0.2, 0) is 22.4 Å². The fourth-order valence-electron chi connectivity index (χ4n) is 5.36. The predicted molar refractivity (Wildman–Crippen MR) is 140 cm³/mol. The van der Waals surface area contributed by atoms with E-state index in [0.29, 0.717) is 42.9 Å². The molecule has 5 rings (SSSR count). The van der Waals surface area contributed by atoms with Crippen LogP contribution in [0.5, 0.6) is 0 Å². The summed E-state index contributed by atoms with van der Waals surface area (Å²) in [4.78, 5) is 27.8. The Morgan fingerprint density at radius 1 is 1.27 bits per heavy atom. The van der Waals surface area contributed by atoms with Gasteiger partial charge in [-0.1, -0.05) is 17.7 Å². The lowest BCUT2D eigenvalue weighted by Crippen LogP contribution is -2.36. The molecule has 13 heteroatoms. The minimum absolute atomic E-state index is 0.0149. The van der Waals surface area contributed by atoms with Crippen molar-refractivity contribution in [3.63, 3.8) is 0 Å². The van der Waals surface area contributed by atoms with Gasteiger partial charge in [0.1, 0.15) is 10.8 Å². The summed E-state index contributed by atoms with van der Waals surface area (Å²) in [5.74, 6) is -1.42. The monoisotopic (exact) mass is 579 g/mol. The van der Waals surface area contributed by atoms with Crippen LogP contribution in [0.3, 0.4) is 0 Å². The standard InChI is InChI=1S/C27H29ClF3N5O4/c1-3-39-27(38)24-19-14-34(21-13-32-36(26(37)23(21)28)22-6-4-5-11-40-22)10-9-20(19)35(33-24)15(2)17-8-7-16(29)12-18(17)25(30)31/h7-8,12-13,15,22,25H,3-6,9-11,14H2,1-2H3. The van der Waals surface area contributed by atoms with E-state index in [1.165, 1.54) is 21.6 Å². The molecule has 1 fully saturated rings. The number of esters is 1. The first-order chi connectivity index (χ1) is 19.2. The molecule has 2 aliphatic heterocycles. The normalized spacial score (nSPS) is 18.1. The molecule has 1 saturated heterocycles.